The van der Waals surface area contributed by atoms with Crippen molar-refractivity contribution < 1.29 is 0 Å². The first kappa shape index (κ1) is 10.3. The van der Waals surface area contributed by atoms with E-state index in [1.165, 1.54) is 18.5 Å². The van der Waals surface area contributed by atoms with E-state index in [0.717, 1.165) is 22.6 Å². The summed E-state index contributed by atoms with van der Waals surface area (Å²) >= 11 is 8.09. The van der Waals surface area contributed by atoms with Gasteiger partial charge in [-0.3, -0.25) is 0 Å². The van der Waals surface area contributed by atoms with Crippen LogP contribution in [0.2, 0.25) is 5.02 Å². The highest BCUT2D eigenvalue weighted by Crippen LogP contribution is 2.25. The van der Waals surface area contributed by atoms with Crippen LogP contribution in [0.1, 0.15) is 12.0 Å². The molecule has 1 unspecified atom stereocenters. The van der Waals surface area contributed by atoms with Crippen LogP contribution in [0.3, 0.4) is 0 Å². The number of nitrogens with one attached hydrogen (secondary N) is 1. The first-order valence-corrected chi connectivity index (χ1v) is 6.34. The zero-order valence-corrected chi connectivity index (χ0v) is 9.57. The number of halogens is 1. The number of hydrogen-bond donors (Lipinski definition) is 1. The van der Waals surface area contributed by atoms with Gasteiger partial charge in [-0.25, -0.2) is 0 Å². The molecule has 0 spiro atoms. The van der Waals surface area contributed by atoms with E-state index >= 15 is 0 Å². The SMILES string of the molecule is Clc1ccccc1CSC1CCNC1. The van der Waals surface area contributed by atoms with E-state index in [9.17, 15) is 0 Å². The summed E-state index contributed by atoms with van der Waals surface area (Å²) < 4.78 is 0. The number of hydrogen-bond acceptors (Lipinski definition) is 2. The molecule has 14 heavy (non-hydrogen) atoms. The van der Waals surface area contributed by atoms with Crippen LogP contribution >= 0.6 is 23.4 Å². The molecule has 0 saturated carbocycles. The highest BCUT2D eigenvalue weighted by Gasteiger charge is 2.14. The fourth-order valence-corrected chi connectivity index (χ4v) is 3.06. The van der Waals surface area contributed by atoms with Crippen LogP contribution in [0.5, 0.6) is 0 Å². The maximum Gasteiger partial charge on any atom is 0.0446 e. The van der Waals surface area contributed by atoms with E-state index in [1.54, 1.807) is 0 Å². The van der Waals surface area contributed by atoms with Crippen LogP contribution in [-0.4, -0.2) is 18.3 Å². The highest BCUT2D eigenvalue weighted by atomic mass is 35.5. The summed E-state index contributed by atoms with van der Waals surface area (Å²) in [6.07, 6.45) is 1.29. The van der Waals surface area contributed by atoms with E-state index in [0.29, 0.717) is 0 Å². The molecule has 1 aromatic carbocycles. The van der Waals surface area contributed by atoms with Gasteiger partial charge in [0.25, 0.3) is 0 Å². The molecule has 1 heterocycles. The molecule has 0 amide bonds. The quantitative estimate of drug-likeness (QED) is 0.852. The van der Waals surface area contributed by atoms with E-state index in [2.05, 4.69) is 17.4 Å². The minimum atomic E-state index is 0.770. The third kappa shape index (κ3) is 2.66. The fourth-order valence-electron chi connectivity index (χ4n) is 1.59. The Morgan fingerprint density at radius 1 is 1.43 bits per heavy atom. The monoisotopic (exact) mass is 227 g/mol. The second kappa shape index (κ2) is 5.06. The topological polar surface area (TPSA) is 12.0 Å². The molecule has 1 atom stereocenters. The lowest BCUT2D eigenvalue weighted by Crippen LogP contribution is -2.10. The molecule has 1 nitrogen and oxygen atoms in total. The lowest BCUT2D eigenvalue weighted by molar-refractivity contribution is 0.858. The van der Waals surface area contributed by atoms with Crippen molar-refractivity contribution in [3.63, 3.8) is 0 Å². The Labute approximate surface area is 94.2 Å². The van der Waals surface area contributed by atoms with Crippen LogP contribution in [0.15, 0.2) is 24.3 Å². The number of rotatable bonds is 3. The molecule has 2 rings (SSSR count). The minimum Gasteiger partial charge on any atom is -0.316 e. The Morgan fingerprint density at radius 3 is 3.00 bits per heavy atom. The van der Waals surface area contributed by atoms with Crippen LogP contribution in [0.4, 0.5) is 0 Å². The molecule has 76 valence electrons. The highest BCUT2D eigenvalue weighted by molar-refractivity contribution is 7.99. The van der Waals surface area contributed by atoms with Gasteiger partial charge in [-0.15, -0.1) is 0 Å². The summed E-state index contributed by atoms with van der Waals surface area (Å²) in [6, 6.07) is 8.10. The van der Waals surface area contributed by atoms with Crippen molar-refractivity contribution in [3.05, 3.63) is 34.9 Å². The minimum absolute atomic E-state index is 0.770. The van der Waals surface area contributed by atoms with Crippen molar-refractivity contribution in [2.45, 2.75) is 17.4 Å². The van der Waals surface area contributed by atoms with Crippen molar-refractivity contribution in [1.82, 2.24) is 5.32 Å². The molecule has 1 aliphatic rings. The van der Waals surface area contributed by atoms with Gasteiger partial charge in [-0.2, -0.15) is 11.8 Å². The van der Waals surface area contributed by atoms with Crippen molar-refractivity contribution in [2.24, 2.45) is 0 Å². The Hall–Kier alpha value is -0.180. The van der Waals surface area contributed by atoms with Crippen molar-refractivity contribution >= 4 is 23.4 Å². The lowest BCUT2D eigenvalue weighted by Gasteiger charge is -2.08. The molecule has 0 aliphatic carbocycles. The second-order valence-electron chi connectivity index (χ2n) is 3.52. The zero-order valence-electron chi connectivity index (χ0n) is 8.00. The molecule has 3 heteroatoms. The molecule has 0 radical (unpaired) electrons. The average molecular weight is 228 g/mol. The summed E-state index contributed by atoms with van der Waals surface area (Å²) in [7, 11) is 0. The smallest absolute Gasteiger partial charge is 0.0446 e. The molecule has 1 fully saturated rings. The van der Waals surface area contributed by atoms with Gasteiger partial charge in [0.2, 0.25) is 0 Å². The van der Waals surface area contributed by atoms with Gasteiger partial charge in [0.15, 0.2) is 0 Å². The molecular weight excluding hydrogens is 214 g/mol. The normalized spacial score (nSPS) is 21.4. The first-order chi connectivity index (χ1) is 6.86. The van der Waals surface area contributed by atoms with Gasteiger partial charge in [-0.05, 0) is 24.6 Å². The van der Waals surface area contributed by atoms with Crippen LogP contribution in [0.25, 0.3) is 0 Å². The Balaban J connectivity index is 1.88. The van der Waals surface area contributed by atoms with Crippen LogP contribution in [-0.2, 0) is 5.75 Å². The molecule has 1 saturated heterocycles. The van der Waals surface area contributed by atoms with Gasteiger partial charge < -0.3 is 5.32 Å². The largest absolute Gasteiger partial charge is 0.316 e. The molecule has 1 N–H and O–H groups in total. The summed E-state index contributed by atoms with van der Waals surface area (Å²) in [5.74, 6) is 1.03. The van der Waals surface area contributed by atoms with E-state index in [4.69, 9.17) is 11.6 Å². The van der Waals surface area contributed by atoms with Gasteiger partial charge in [0.05, 0.1) is 0 Å². The average Bonchev–Trinajstić information content (AvgIpc) is 2.69. The maximum atomic E-state index is 6.08. The van der Waals surface area contributed by atoms with Crippen molar-refractivity contribution in [3.8, 4) is 0 Å². The van der Waals surface area contributed by atoms with Gasteiger partial charge in [-0.1, -0.05) is 29.8 Å². The van der Waals surface area contributed by atoms with Gasteiger partial charge in [0.1, 0.15) is 0 Å². The van der Waals surface area contributed by atoms with Crippen molar-refractivity contribution in [2.75, 3.05) is 13.1 Å². The van der Waals surface area contributed by atoms with Crippen molar-refractivity contribution in [1.29, 1.82) is 0 Å². The second-order valence-corrected chi connectivity index (χ2v) is 5.21. The zero-order chi connectivity index (χ0) is 9.80. The lowest BCUT2D eigenvalue weighted by atomic mass is 10.2. The van der Waals surface area contributed by atoms with Gasteiger partial charge in [0, 0.05) is 22.6 Å². The molecule has 0 aromatic heterocycles. The summed E-state index contributed by atoms with van der Waals surface area (Å²) in [6.45, 7) is 2.31. The number of thioether (sulfide) groups is 1. The number of benzene rings is 1. The third-order valence-electron chi connectivity index (χ3n) is 2.45. The Kier molecular flexibility index (Phi) is 3.74. The fraction of sp³-hybridized carbons (Fsp3) is 0.455. The van der Waals surface area contributed by atoms with E-state index in [-0.39, 0.29) is 0 Å². The Morgan fingerprint density at radius 2 is 2.29 bits per heavy atom. The maximum absolute atomic E-state index is 6.08. The van der Waals surface area contributed by atoms with Crippen LogP contribution < -0.4 is 5.32 Å². The molecule has 1 aromatic rings. The van der Waals surface area contributed by atoms with Gasteiger partial charge >= 0.3 is 0 Å². The summed E-state index contributed by atoms with van der Waals surface area (Å²) in [5, 5.41) is 5.03. The first-order valence-electron chi connectivity index (χ1n) is 4.92. The predicted octanol–water partition coefficient (Wildman–Crippen LogP) is 2.94. The third-order valence-corrected chi connectivity index (χ3v) is 4.17. The summed E-state index contributed by atoms with van der Waals surface area (Å²) in [4.78, 5) is 0. The summed E-state index contributed by atoms with van der Waals surface area (Å²) in [5.41, 5.74) is 1.26. The Bertz CT molecular complexity index is 297. The van der Waals surface area contributed by atoms with Crippen LogP contribution in [0, 0.1) is 0 Å². The van der Waals surface area contributed by atoms with E-state index < -0.39 is 0 Å². The van der Waals surface area contributed by atoms with E-state index in [1.807, 2.05) is 23.9 Å². The predicted molar refractivity (Wildman–Crippen MR) is 64.0 cm³/mol. The standard InChI is InChI=1S/C11H14ClNS/c12-11-4-2-1-3-9(11)8-14-10-5-6-13-7-10/h1-4,10,13H,5-8H2. The molecular formula is C11H14ClNS. The molecule has 1 aliphatic heterocycles. The molecule has 0 bridgehead atoms.